The number of nitrogens with two attached hydrogens (primary N) is 1. The highest BCUT2D eigenvalue weighted by Crippen LogP contribution is 2.30. The van der Waals surface area contributed by atoms with Gasteiger partial charge in [0.25, 0.3) is 5.56 Å². The van der Waals surface area contributed by atoms with E-state index in [9.17, 15) is 4.79 Å². The highest BCUT2D eigenvalue weighted by Gasteiger charge is 2.10. The lowest BCUT2D eigenvalue weighted by Crippen LogP contribution is -2.10. The zero-order valence-corrected chi connectivity index (χ0v) is 10.9. The van der Waals surface area contributed by atoms with Gasteiger partial charge in [-0.3, -0.25) is 4.79 Å². The second kappa shape index (κ2) is 5.84. The number of nitrogens with one attached hydrogen (secondary N) is 1. The van der Waals surface area contributed by atoms with Gasteiger partial charge in [-0.1, -0.05) is 36.9 Å². The fourth-order valence-electron chi connectivity index (χ4n) is 1.61. The summed E-state index contributed by atoms with van der Waals surface area (Å²) in [5.74, 6) is 0. The molecule has 2 aromatic rings. The smallest absolute Gasteiger partial charge is 0.251 e. The molecular formula is C13H15N3OS. The molecule has 0 bridgehead atoms. The molecule has 1 aromatic heterocycles. The average molecular weight is 261 g/mol. The fourth-order valence-corrected chi connectivity index (χ4v) is 2.57. The number of aromatic amines is 1. The molecule has 0 spiro atoms. The number of hydrogen-bond donors (Lipinski definition) is 2. The Morgan fingerprint density at radius 1 is 1.39 bits per heavy atom. The predicted octanol–water partition coefficient (Wildman–Crippen LogP) is 2.33. The van der Waals surface area contributed by atoms with Crippen LogP contribution in [0, 0.1) is 0 Å². The standard InChI is InChI=1S/C13H15N3OS/c1-2-10(14)9-5-3-4-6-11(9)18-13-15-8-7-12(17)16-13/h3-8,10H,2,14H2,1H3,(H,15,16,17)/t10-/m1/s1. The van der Waals surface area contributed by atoms with Crippen LogP contribution in [0.25, 0.3) is 0 Å². The Morgan fingerprint density at radius 2 is 2.17 bits per heavy atom. The lowest BCUT2D eigenvalue weighted by Gasteiger charge is -2.13. The summed E-state index contributed by atoms with van der Waals surface area (Å²) in [6, 6.07) is 9.32. The van der Waals surface area contributed by atoms with Crippen molar-refractivity contribution >= 4 is 11.8 Å². The van der Waals surface area contributed by atoms with Crippen LogP contribution in [0.3, 0.4) is 0 Å². The predicted molar refractivity (Wildman–Crippen MR) is 72.6 cm³/mol. The Balaban J connectivity index is 2.31. The maximum Gasteiger partial charge on any atom is 0.251 e. The number of H-pyrrole nitrogens is 1. The third kappa shape index (κ3) is 3.00. The summed E-state index contributed by atoms with van der Waals surface area (Å²) in [7, 11) is 0. The third-order valence-corrected chi connectivity index (χ3v) is 3.61. The zero-order valence-electron chi connectivity index (χ0n) is 10.1. The normalized spacial score (nSPS) is 12.3. The lowest BCUT2D eigenvalue weighted by molar-refractivity contribution is 0.685. The van der Waals surface area contributed by atoms with Crippen molar-refractivity contribution in [1.29, 1.82) is 0 Å². The molecule has 4 nitrogen and oxygen atoms in total. The van der Waals surface area contributed by atoms with Gasteiger partial charge >= 0.3 is 0 Å². The Labute approximate surface area is 110 Å². The first kappa shape index (κ1) is 12.9. The van der Waals surface area contributed by atoms with E-state index in [1.807, 2.05) is 24.3 Å². The molecule has 1 atom stereocenters. The van der Waals surface area contributed by atoms with Crippen molar-refractivity contribution in [3.8, 4) is 0 Å². The minimum Gasteiger partial charge on any atom is -0.324 e. The van der Waals surface area contributed by atoms with E-state index in [0.29, 0.717) is 5.16 Å². The summed E-state index contributed by atoms with van der Waals surface area (Å²) in [5, 5.41) is 0.582. The second-order valence-electron chi connectivity index (χ2n) is 3.89. The summed E-state index contributed by atoms with van der Waals surface area (Å²) in [5.41, 5.74) is 7.00. The molecule has 0 fully saturated rings. The van der Waals surface area contributed by atoms with Gasteiger partial charge in [0.05, 0.1) is 0 Å². The summed E-state index contributed by atoms with van der Waals surface area (Å²) >= 11 is 1.43. The summed E-state index contributed by atoms with van der Waals surface area (Å²) in [6.45, 7) is 2.05. The van der Waals surface area contributed by atoms with E-state index in [-0.39, 0.29) is 11.6 Å². The number of aromatic nitrogens is 2. The van der Waals surface area contributed by atoms with Gasteiger partial charge in [-0.15, -0.1) is 0 Å². The van der Waals surface area contributed by atoms with Crippen LogP contribution >= 0.6 is 11.8 Å². The van der Waals surface area contributed by atoms with Gasteiger partial charge in [0.2, 0.25) is 0 Å². The molecule has 18 heavy (non-hydrogen) atoms. The molecule has 1 aromatic carbocycles. The highest BCUT2D eigenvalue weighted by molar-refractivity contribution is 7.99. The molecule has 0 saturated carbocycles. The molecule has 0 amide bonds. The molecule has 0 aliphatic rings. The van der Waals surface area contributed by atoms with Crippen LogP contribution in [0.5, 0.6) is 0 Å². The molecule has 0 radical (unpaired) electrons. The van der Waals surface area contributed by atoms with Crippen molar-refractivity contribution in [2.75, 3.05) is 0 Å². The van der Waals surface area contributed by atoms with E-state index >= 15 is 0 Å². The second-order valence-corrected chi connectivity index (χ2v) is 4.92. The van der Waals surface area contributed by atoms with Gasteiger partial charge in [0.1, 0.15) is 0 Å². The Hall–Kier alpha value is -1.59. The summed E-state index contributed by atoms with van der Waals surface area (Å²) in [4.78, 5) is 19.1. The van der Waals surface area contributed by atoms with Gasteiger partial charge in [0, 0.05) is 23.2 Å². The lowest BCUT2D eigenvalue weighted by atomic mass is 10.1. The van der Waals surface area contributed by atoms with Crippen LogP contribution in [-0.2, 0) is 0 Å². The van der Waals surface area contributed by atoms with E-state index in [1.54, 1.807) is 0 Å². The number of benzene rings is 1. The van der Waals surface area contributed by atoms with Gasteiger partial charge in [-0.05, 0) is 18.1 Å². The monoisotopic (exact) mass is 261 g/mol. The van der Waals surface area contributed by atoms with Crippen molar-refractivity contribution in [3.05, 3.63) is 52.4 Å². The van der Waals surface area contributed by atoms with Gasteiger partial charge in [0.15, 0.2) is 5.16 Å². The first-order valence-corrected chi connectivity index (χ1v) is 6.60. The van der Waals surface area contributed by atoms with E-state index in [1.165, 1.54) is 24.0 Å². The van der Waals surface area contributed by atoms with Crippen molar-refractivity contribution < 1.29 is 0 Å². The quantitative estimate of drug-likeness (QED) is 0.829. The Bertz CT molecular complexity index is 582. The van der Waals surface area contributed by atoms with E-state index < -0.39 is 0 Å². The molecule has 5 heteroatoms. The first-order chi connectivity index (χ1) is 8.70. The van der Waals surface area contributed by atoms with Crippen molar-refractivity contribution in [2.45, 2.75) is 29.4 Å². The molecule has 0 aliphatic heterocycles. The molecule has 0 unspecified atom stereocenters. The fraction of sp³-hybridized carbons (Fsp3) is 0.231. The molecular weight excluding hydrogens is 246 g/mol. The zero-order chi connectivity index (χ0) is 13.0. The molecule has 3 N–H and O–H groups in total. The van der Waals surface area contributed by atoms with Crippen LogP contribution < -0.4 is 11.3 Å². The number of hydrogen-bond acceptors (Lipinski definition) is 4. The molecule has 0 saturated heterocycles. The SMILES string of the molecule is CC[C@@H](N)c1ccccc1Sc1nccc(=O)[nH]1. The Morgan fingerprint density at radius 3 is 2.89 bits per heavy atom. The van der Waals surface area contributed by atoms with Crippen molar-refractivity contribution in [3.63, 3.8) is 0 Å². The summed E-state index contributed by atoms with van der Waals surface area (Å²) in [6.07, 6.45) is 2.37. The Kier molecular flexibility index (Phi) is 4.17. The van der Waals surface area contributed by atoms with E-state index in [4.69, 9.17) is 5.73 Å². The van der Waals surface area contributed by atoms with Crippen molar-refractivity contribution in [1.82, 2.24) is 9.97 Å². The molecule has 0 aliphatic carbocycles. The highest BCUT2D eigenvalue weighted by atomic mass is 32.2. The van der Waals surface area contributed by atoms with E-state index in [0.717, 1.165) is 16.9 Å². The molecule has 94 valence electrons. The van der Waals surface area contributed by atoms with Crippen LogP contribution in [0.2, 0.25) is 0 Å². The molecule has 1 heterocycles. The molecule has 2 rings (SSSR count). The first-order valence-electron chi connectivity index (χ1n) is 5.78. The maximum absolute atomic E-state index is 11.2. The maximum atomic E-state index is 11.2. The number of nitrogens with zero attached hydrogens (tertiary/aromatic N) is 1. The number of rotatable bonds is 4. The largest absolute Gasteiger partial charge is 0.324 e. The van der Waals surface area contributed by atoms with Crippen LogP contribution in [0.15, 0.2) is 51.4 Å². The van der Waals surface area contributed by atoms with Crippen LogP contribution in [0.4, 0.5) is 0 Å². The minimum atomic E-state index is -0.148. The minimum absolute atomic E-state index is 0.00383. The van der Waals surface area contributed by atoms with E-state index in [2.05, 4.69) is 16.9 Å². The van der Waals surface area contributed by atoms with Crippen molar-refractivity contribution in [2.24, 2.45) is 5.73 Å². The topological polar surface area (TPSA) is 71.8 Å². The summed E-state index contributed by atoms with van der Waals surface area (Å²) < 4.78 is 0. The van der Waals surface area contributed by atoms with Gasteiger partial charge < -0.3 is 10.7 Å². The van der Waals surface area contributed by atoms with Crippen LogP contribution in [-0.4, -0.2) is 9.97 Å². The van der Waals surface area contributed by atoms with Gasteiger partial charge in [-0.25, -0.2) is 4.98 Å². The third-order valence-electron chi connectivity index (χ3n) is 2.61. The average Bonchev–Trinajstić information content (AvgIpc) is 2.38. The van der Waals surface area contributed by atoms with Crippen LogP contribution in [0.1, 0.15) is 24.9 Å². The van der Waals surface area contributed by atoms with Gasteiger partial charge in [-0.2, -0.15) is 0 Å².